The van der Waals surface area contributed by atoms with E-state index in [9.17, 15) is 23.1 Å². The first kappa shape index (κ1) is 35.2. The van der Waals surface area contributed by atoms with Crippen molar-refractivity contribution in [2.45, 2.75) is 35.9 Å². The third-order valence-corrected chi connectivity index (χ3v) is 8.26. The number of rotatable bonds is 11. The average Bonchev–Trinajstić information content (AvgIpc) is 3.44. The number of allylic oxidation sites excluding steroid dienone is 2. The van der Waals surface area contributed by atoms with Crippen LogP contribution < -0.4 is 34.5 Å². The first-order chi connectivity index (χ1) is 20.0. The van der Waals surface area contributed by atoms with Crippen LogP contribution >= 0.6 is 19.6 Å². The predicted molar refractivity (Wildman–Crippen MR) is 145 cm³/mol. The van der Waals surface area contributed by atoms with Crippen LogP contribution in [0.4, 0.5) is 13.2 Å². The third-order valence-electron chi connectivity index (χ3n) is 6.26. The van der Waals surface area contributed by atoms with Crippen molar-refractivity contribution in [3.05, 3.63) is 101 Å². The number of nitriles is 1. The van der Waals surface area contributed by atoms with Crippen LogP contribution in [0.2, 0.25) is 0 Å². The fraction of sp³-hybridized carbons (Fsp3) is 0.296. The minimum atomic E-state index is -5.47. The standard InChI is InChI=1S/C27H26F3N4O6PS.Na/c1-18(27(40-41(35,36)37,15-34-17-32-16-33-34)23-9-8-21(28)11-25(23)30)42-22-13-38-26(39-14-22)5-3-2-4-20-7-6-19(12-31)10-24(20)29;/h2-11,16-18,22,26H,13-15H2,1H3,(H2,35,36,37);/q;+1/p-1/b4-2+,5-3+;/t18?,22?,26?,27-;/m1./s1. The van der Waals surface area contributed by atoms with Gasteiger partial charge in [-0.15, -0.1) is 11.8 Å². The van der Waals surface area contributed by atoms with Gasteiger partial charge in [-0.05, 0) is 24.3 Å². The van der Waals surface area contributed by atoms with Crippen molar-refractivity contribution in [1.29, 1.82) is 5.26 Å². The van der Waals surface area contributed by atoms with E-state index in [0.717, 1.165) is 30.0 Å². The molecule has 16 heteroatoms. The molecule has 2 aromatic carbocycles. The van der Waals surface area contributed by atoms with E-state index in [4.69, 9.17) is 19.3 Å². The van der Waals surface area contributed by atoms with Crippen molar-refractivity contribution in [3.8, 4) is 6.07 Å². The third kappa shape index (κ3) is 9.60. The molecule has 0 saturated carbocycles. The number of hydrogen-bond donors (Lipinski definition) is 1. The van der Waals surface area contributed by atoms with Crippen LogP contribution in [0.1, 0.15) is 23.6 Å². The molecule has 0 radical (unpaired) electrons. The molecule has 4 rings (SSSR count). The Morgan fingerprint density at radius 1 is 1.26 bits per heavy atom. The maximum atomic E-state index is 15.1. The summed E-state index contributed by atoms with van der Waals surface area (Å²) in [6, 6.07) is 8.60. The van der Waals surface area contributed by atoms with E-state index >= 15 is 4.39 Å². The summed E-state index contributed by atoms with van der Waals surface area (Å²) in [6.07, 6.45) is 8.05. The van der Waals surface area contributed by atoms with Crippen molar-refractivity contribution < 1.29 is 71.1 Å². The average molecular weight is 645 g/mol. The molecular weight excluding hydrogens is 619 g/mol. The molecule has 0 spiro atoms. The number of ether oxygens (including phenoxy) is 2. The number of phosphoric ester groups is 1. The Bertz CT molecular complexity index is 1530. The van der Waals surface area contributed by atoms with Gasteiger partial charge < -0.3 is 23.8 Å². The second-order valence-electron chi connectivity index (χ2n) is 9.19. The van der Waals surface area contributed by atoms with E-state index in [0.29, 0.717) is 11.6 Å². The van der Waals surface area contributed by atoms with Crippen LogP contribution in [0.3, 0.4) is 0 Å². The minimum Gasteiger partial charge on any atom is -0.756 e. The Hall–Kier alpha value is -2.28. The van der Waals surface area contributed by atoms with Gasteiger partial charge in [0.25, 0.3) is 7.82 Å². The maximum Gasteiger partial charge on any atom is 1.00 e. The molecule has 222 valence electrons. The molecule has 1 N–H and O–H groups in total. The number of thioether (sulfide) groups is 1. The molecule has 0 bridgehead atoms. The summed E-state index contributed by atoms with van der Waals surface area (Å²) >= 11 is 1.16. The monoisotopic (exact) mass is 644 g/mol. The zero-order chi connectivity index (χ0) is 30.3. The second kappa shape index (κ2) is 15.6. The molecule has 3 aromatic rings. The van der Waals surface area contributed by atoms with E-state index in [1.54, 1.807) is 25.2 Å². The summed E-state index contributed by atoms with van der Waals surface area (Å²) in [5.74, 6) is -2.49. The minimum absolute atomic E-state index is 0. The van der Waals surface area contributed by atoms with Gasteiger partial charge in [0.15, 0.2) is 6.29 Å². The molecule has 1 aromatic heterocycles. The molecule has 3 atom stereocenters. The van der Waals surface area contributed by atoms with E-state index < -0.39 is 42.4 Å². The zero-order valence-corrected chi connectivity index (χ0v) is 26.8. The second-order valence-corrected chi connectivity index (χ2v) is 12.0. The van der Waals surface area contributed by atoms with Crippen molar-refractivity contribution in [2.75, 3.05) is 13.2 Å². The summed E-state index contributed by atoms with van der Waals surface area (Å²) in [5.41, 5.74) is -1.86. The number of halogens is 3. The summed E-state index contributed by atoms with van der Waals surface area (Å²) in [5, 5.41) is 11.5. The molecule has 0 aliphatic carbocycles. The van der Waals surface area contributed by atoms with Crippen molar-refractivity contribution in [2.24, 2.45) is 0 Å². The molecule has 43 heavy (non-hydrogen) atoms. The first-order valence-corrected chi connectivity index (χ1v) is 14.9. The zero-order valence-electron chi connectivity index (χ0n) is 23.0. The van der Waals surface area contributed by atoms with Gasteiger partial charge in [-0.25, -0.2) is 22.8 Å². The van der Waals surface area contributed by atoms with Gasteiger partial charge in [-0.3, -0.25) is 4.57 Å². The number of hydrogen-bond acceptors (Lipinski definition) is 9. The van der Waals surface area contributed by atoms with Gasteiger partial charge in [-0.2, -0.15) is 10.4 Å². The SMILES string of the molecule is CC(SC1COC(/C=C/C=C/c2ccc(C#N)cc2F)OC1)[C@@](Cn1cncn1)(OP(=O)([O-])O)c1ccc(F)cc1F.[Na+]. The van der Waals surface area contributed by atoms with Gasteiger partial charge in [0.2, 0.25) is 0 Å². The Balaban J connectivity index is 0.00000506. The van der Waals surface area contributed by atoms with E-state index in [-0.39, 0.29) is 65.7 Å². The summed E-state index contributed by atoms with van der Waals surface area (Å²) in [6.45, 7) is 1.48. The smallest absolute Gasteiger partial charge is 0.756 e. The van der Waals surface area contributed by atoms with Crippen LogP contribution in [-0.4, -0.2) is 49.7 Å². The number of nitrogens with zero attached hydrogens (tertiary/aromatic N) is 4. The molecule has 10 nitrogen and oxygen atoms in total. The summed E-state index contributed by atoms with van der Waals surface area (Å²) in [4.78, 5) is 25.6. The van der Waals surface area contributed by atoms with Crippen molar-refractivity contribution in [3.63, 3.8) is 0 Å². The van der Waals surface area contributed by atoms with Gasteiger partial charge in [-0.1, -0.05) is 37.3 Å². The summed E-state index contributed by atoms with van der Waals surface area (Å²) < 4.78 is 72.8. The Kier molecular flexibility index (Phi) is 12.8. The molecule has 1 saturated heterocycles. The van der Waals surface area contributed by atoms with Crippen LogP contribution in [0.15, 0.2) is 67.3 Å². The normalized spacial score (nSPS) is 20.7. The molecule has 0 amide bonds. The van der Waals surface area contributed by atoms with E-state index in [1.165, 1.54) is 35.5 Å². The molecule has 1 aliphatic heterocycles. The fourth-order valence-electron chi connectivity index (χ4n) is 4.31. The Morgan fingerprint density at radius 3 is 2.60 bits per heavy atom. The number of aromatic nitrogens is 3. The van der Waals surface area contributed by atoms with Gasteiger partial charge in [0.05, 0.1) is 36.6 Å². The Labute approximate surface area is 272 Å². The van der Waals surface area contributed by atoms with Gasteiger partial charge in [0, 0.05) is 22.4 Å². The van der Waals surface area contributed by atoms with Crippen LogP contribution in [0.5, 0.6) is 0 Å². The number of phosphoric acid groups is 1. The fourth-order valence-corrected chi connectivity index (χ4v) is 6.47. The topological polar surface area (TPSA) is 143 Å². The van der Waals surface area contributed by atoms with Gasteiger partial charge >= 0.3 is 29.6 Å². The van der Waals surface area contributed by atoms with Crippen molar-refractivity contribution >= 4 is 25.7 Å². The van der Waals surface area contributed by atoms with Crippen molar-refractivity contribution in [1.82, 2.24) is 14.8 Å². The van der Waals surface area contributed by atoms with E-state index in [2.05, 4.69) is 10.1 Å². The Morgan fingerprint density at radius 2 is 2.00 bits per heavy atom. The summed E-state index contributed by atoms with van der Waals surface area (Å²) in [7, 11) is -5.47. The molecule has 1 fully saturated rings. The number of benzene rings is 2. The largest absolute Gasteiger partial charge is 1.00 e. The first-order valence-electron chi connectivity index (χ1n) is 12.4. The van der Waals surface area contributed by atoms with Crippen LogP contribution in [0.25, 0.3) is 6.08 Å². The molecule has 1 aliphatic rings. The molecular formula is C27H25F3N4NaO6PS. The molecule has 2 unspecified atom stereocenters. The quantitative estimate of drug-likeness (QED) is 0.183. The molecule has 2 heterocycles. The van der Waals surface area contributed by atoms with Crippen LogP contribution in [0, 0.1) is 28.8 Å². The van der Waals surface area contributed by atoms with Crippen LogP contribution in [-0.2, 0) is 30.7 Å². The maximum absolute atomic E-state index is 15.1. The predicted octanol–water partition coefficient (Wildman–Crippen LogP) is 1.08. The van der Waals surface area contributed by atoms with Gasteiger partial charge in [0.1, 0.15) is 35.7 Å². The van der Waals surface area contributed by atoms with E-state index in [1.807, 2.05) is 6.07 Å².